The van der Waals surface area contributed by atoms with Crippen molar-refractivity contribution in [3.8, 4) is 0 Å². The highest BCUT2D eigenvalue weighted by Gasteiger charge is 2.16. The van der Waals surface area contributed by atoms with Gasteiger partial charge in [0.25, 0.3) is 0 Å². The molecule has 0 amide bonds. The fourth-order valence-electron chi connectivity index (χ4n) is 4.67. The van der Waals surface area contributed by atoms with Crippen LogP contribution in [0.25, 0.3) is 0 Å². The highest BCUT2D eigenvalue weighted by atomic mass is 16.4. The van der Waals surface area contributed by atoms with E-state index in [0.717, 1.165) is 12.8 Å². The summed E-state index contributed by atoms with van der Waals surface area (Å²) in [7, 11) is 0. The van der Waals surface area contributed by atoms with Crippen molar-refractivity contribution < 1.29 is 9.90 Å². The first-order valence-electron chi connectivity index (χ1n) is 14.6. The predicted molar refractivity (Wildman–Crippen MR) is 142 cm³/mol. The van der Waals surface area contributed by atoms with Gasteiger partial charge in [-0.1, -0.05) is 149 Å². The summed E-state index contributed by atoms with van der Waals surface area (Å²) < 4.78 is 0. The van der Waals surface area contributed by atoms with Gasteiger partial charge in [0.2, 0.25) is 0 Å². The number of hydrogen-bond donors (Lipinski definition) is 2. The van der Waals surface area contributed by atoms with E-state index in [0.29, 0.717) is 6.04 Å². The maximum atomic E-state index is 11.3. The van der Waals surface area contributed by atoms with Crippen LogP contribution >= 0.6 is 0 Å². The second kappa shape index (κ2) is 25.1. The molecule has 0 spiro atoms. The van der Waals surface area contributed by atoms with Gasteiger partial charge in [0.05, 0.1) is 0 Å². The predicted octanol–water partition coefficient (Wildman–Crippen LogP) is 9.43. The molecular weight excluding hydrogens is 394 g/mol. The van der Waals surface area contributed by atoms with Gasteiger partial charge < -0.3 is 10.4 Å². The summed E-state index contributed by atoms with van der Waals surface area (Å²) >= 11 is 0. The lowest BCUT2D eigenvalue weighted by atomic mass is 9.99. The molecule has 0 heterocycles. The number of carboxylic acids is 1. The van der Waals surface area contributed by atoms with Crippen LogP contribution in [0.4, 0.5) is 0 Å². The Hall–Kier alpha value is -0.570. The van der Waals surface area contributed by atoms with Gasteiger partial charge in [0.1, 0.15) is 6.04 Å². The number of aliphatic carboxylic acids is 1. The fourth-order valence-corrected chi connectivity index (χ4v) is 4.67. The summed E-state index contributed by atoms with van der Waals surface area (Å²) in [6.45, 7) is 6.34. The summed E-state index contributed by atoms with van der Waals surface area (Å²) in [6.07, 6.45) is 30.9. The minimum absolute atomic E-state index is 0.369. The average molecular weight is 454 g/mol. The van der Waals surface area contributed by atoms with E-state index >= 15 is 0 Å². The van der Waals surface area contributed by atoms with E-state index in [1.165, 1.54) is 135 Å². The first kappa shape index (κ1) is 31.4. The molecule has 0 aromatic carbocycles. The molecule has 3 heteroatoms. The average Bonchev–Trinajstić information content (AvgIpc) is 2.78. The molecule has 2 unspecified atom stereocenters. The number of nitrogens with one attached hydrogen (secondary N) is 1. The Morgan fingerprint density at radius 2 is 0.844 bits per heavy atom. The number of unbranched alkanes of at least 4 members (excludes halogenated alkanes) is 19. The standard InChI is InChI=1S/C29H59NO2/c1-4-6-8-10-12-14-16-18-20-22-24-26-28(30-27(3)29(31)32)25-23-21-19-17-15-13-11-9-7-5-2/h27-28,30H,4-26H2,1-3H3,(H,31,32). The van der Waals surface area contributed by atoms with Crippen molar-refractivity contribution in [2.45, 2.75) is 181 Å². The number of hydrogen-bond acceptors (Lipinski definition) is 2. The van der Waals surface area contributed by atoms with E-state index in [1.807, 2.05) is 0 Å². The third-order valence-corrected chi connectivity index (χ3v) is 6.92. The molecule has 0 radical (unpaired) electrons. The third-order valence-electron chi connectivity index (χ3n) is 6.92. The van der Waals surface area contributed by atoms with Crippen LogP contribution in [0, 0.1) is 0 Å². The van der Waals surface area contributed by atoms with Crippen LogP contribution in [0.3, 0.4) is 0 Å². The Kier molecular flexibility index (Phi) is 24.6. The van der Waals surface area contributed by atoms with Crippen molar-refractivity contribution in [2.24, 2.45) is 0 Å². The topological polar surface area (TPSA) is 49.3 Å². The molecule has 0 fully saturated rings. The molecule has 0 bridgehead atoms. The molecule has 0 aromatic heterocycles. The minimum atomic E-state index is -0.725. The first-order valence-corrected chi connectivity index (χ1v) is 14.6. The molecule has 0 aliphatic rings. The zero-order valence-electron chi connectivity index (χ0n) is 22.3. The van der Waals surface area contributed by atoms with Crippen molar-refractivity contribution in [2.75, 3.05) is 0 Å². The van der Waals surface area contributed by atoms with Gasteiger partial charge in [-0.2, -0.15) is 0 Å². The van der Waals surface area contributed by atoms with E-state index in [-0.39, 0.29) is 0 Å². The van der Waals surface area contributed by atoms with Gasteiger partial charge >= 0.3 is 5.97 Å². The Labute approximate surface area is 201 Å². The van der Waals surface area contributed by atoms with Crippen molar-refractivity contribution >= 4 is 5.97 Å². The van der Waals surface area contributed by atoms with Gasteiger partial charge in [-0.25, -0.2) is 0 Å². The Bertz CT molecular complexity index is 385. The summed E-state index contributed by atoms with van der Waals surface area (Å²) in [4.78, 5) is 11.3. The van der Waals surface area contributed by atoms with Crippen LogP contribution in [0.1, 0.15) is 168 Å². The lowest BCUT2D eigenvalue weighted by Crippen LogP contribution is -2.41. The van der Waals surface area contributed by atoms with Crippen LogP contribution in [0.15, 0.2) is 0 Å². The third kappa shape index (κ3) is 22.6. The molecule has 32 heavy (non-hydrogen) atoms. The van der Waals surface area contributed by atoms with E-state index in [9.17, 15) is 9.90 Å². The Morgan fingerprint density at radius 1 is 0.562 bits per heavy atom. The fraction of sp³-hybridized carbons (Fsp3) is 0.966. The van der Waals surface area contributed by atoms with Gasteiger partial charge in [-0.15, -0.1) is 0 Å². The zero-order valence-corrected chi connectivity index (χ0v) is 22.3. The second-order valence-electron chi connectivity index (χ2n) is 10.2. The molecule has 0 aliphatic carbocycles. The molecule has 0 saturated carbocycles. The molecule has 0 saturated heterocycles. The van der Waals surface area contributed by atoms with Crippen LogP contribution in [-0.4, -0.2) is 23.2 Å². The highest BCUT2D eigenvalue weighted by Crippen LogP contribution is 2.16. The van der Waals surface area contributed by atoms with E-state index in [4.69, 9.17) is 0 Å². The summed E-state index contributed by atoms with van der Waals surface area (Å²) in [5.41, 5.74) is 0. The normalized spacial score (nSPS) is 13.3. The maximum absolute atomic E-state index is 11.3. The first-order chi connectivity index (χ1) is 15.6. The lowest BCUT2D eigenvalue weighted by molar-refractivity contribution is -0.139. The number of carbonyl (C=O) groups is 1. The Morgan fingerprint density at radius 3 is 1.12 bits per heavy atom. The lowest BCUT2D eigenvalue weighted by Gasteiger charge is -2.21. The van der Waals surface area contributed by atoms with Crippen molar-refractivity contribution in [3.05, 3.63) is 0 Å². The summed E-state index contributed by atoms with van der Waals surface area (Å²) in [5, 5.41) is 12.7. The van der Waals surface area contributed by atoms with E-state index < -0.39 is 12.0 Å². The smallest absolute Gasteiger partial charge is 0.320 e. The summed E-state index contributed by atoms with van der Waals surface area (Å²) in [5.74, 6) is -0.725. The molecule has 0 aromatic rings. The van der Waals surface area contributed by atoms with Crippen LogP contribution in [0.5, 0.6) is 0 Å². The number of carboxylic acid groups (broad SMARTS) is 1. The van der Waals surface area contributed by atoms with Gasteiger partial charge in [0.15, 0.2) is 0 Å². The van der Waals surface area contributed by atoms with Crippen LogP contribution in [0.2, 0.25) is 0 Å². The largest absolute Gasteiger partial charge is 0.480 e. The molecule has 2 atom stereocenters. The second-order valence-corrected chi connectivity index (χ2v) is 10.2. The van der Waals surface area contributed by atoms with E-state index in [2.05, 4.69) is 19.2 Å². The van der Waals surface area contributed by atoms with Crippen molar-refractivity contribution in [1.29, 1.82) is 0 Å². The molecule has 192 valence electrons. The van der Waals surface area contributed by atoms with Gasteiger partial charge in [-0.3, -0.25) is 4.79 Å². The maximum Gasteiger partial charge on any atom is 0.320 e. The quantitative estimate of drug-likeness (QED) is 0.128. The van der Waals surface area contributed by atoms with Gasteiger partial charge in [-0.05, 0) is 19.8 Å². The van der Waals surface area contributed by atoms with Crippen LogP contribution < -0.4 is 5.32 Å². The van der Waals surface area contributed by atoms with Crippen LogP contribution in [-0.2, 0) is 4.79 Å². The van der Waals surface area contributed by atoms with Crippen molar-refractivity contribution in [1.82, 2.24) is 5.32 Å². The van der Waals surface area contributed by atoms with Gasteiger partial charge in [0, 0.05) is 6.04 Å². The molecular formula is C29H59NO2. The minimum Gasteiger partial charge on any atom is -0.480 e. The monoisotopic (exact) mass is 453 g/mol. The molecule has 0 aliphatic heterocycles. The zero-order chi connectivity index (χ0) is 23.7. The molecule has 3 nitrogen and oxygen atoms in total. The molecule has 2 N–H and O–H groups in total. The number of rotatable bonds is 26. The SMILES string of the molecule is CCCCCCCCCCCCCC(CCCCCCCCCCCC)NC(C)C(=O)O. The Balaban J connectivity index is 3.78. The van der Waals surface area contributed by atoms with E-state index in [1.54, 1.807) is 6.92 Å². The van der Waals surface area contributed by atoms with Crippen molar-refractivity contribution in [3.63, 3.8) is 0 Å². The summed E-state index contributed by atoms with van der Waals surface area (Å²) in [6, 6.07) is -0.0652. The highest BCUT2D eigenvalue weighted by molar-refractivity contribution is 5.72. The molecule has 0 rings (SSSR count).